The molecule has 154 valence electrons. The zero-order valence-corrected chi connectivity index (χ0v) is 17.8. The van der Waals surface area contributed by atoms with Crippen molar-refractivity contribution in [1.82, 2.24) is 20.3 Å². The second-order valence-electron chi connectivity index (χ2n) is 7.37. The Hall–Kier alpha value is -3.02. The summed E-state index contributed by atoms with van der Waals surface area (Å²) in [6, 6.07) is 5.43. The van der Waals surface area contributed by atoms with Gasteiger partial charge in [0.15, 0.2) is 5.13 Å². The van der Waals surface area contributed by atoms with E-state index in [2.05, 4.69) is 37.4 Å². The van der Waals surface area contributed by atoms with Crippen LogP contribution < -0.4 is 10.6 Å². The number of rotatable bonds is 6. The Balaban J connectivity index is 1.33. The fourth-order valence-electron chi connectivity index (χ4n) is 2.76. The summed E-state index contributed by atoms with van der Waals surface area (Å²) in [5.74, 6) is 6.98. The minimum absolute atomic E-state index is 0.0116. The third kappa shape index (κ3) is 5.53. The summed E-state index contributed by atoms with van der Waals surface area (Å²) in [7, 11) is 0. The maximum atomic E-state index is 12.1. The quantitative estimate of drug-likeness (QED) is 0.592. The molecule has 1 aromatic carbocycles. The molecule has 1 fully saturated rings. The number of thiazole rings is 1. The molecule has 4 rings (SSSR count). The van der Waals surface area contributed by atoms with Crippen LogP contribution in [-0.2, 0) is 4.74 Å². The van der Waals surface area contributed by atoms with Gasteiger partial charge in [-0.05, 0) is 56.7 Å². The highest BCUT2D eigenvalue weighted by molar-refractivity contribution is 7.16. The Morgan fingerprint density at radius 3 is 2.87 bits per heavy atom. The summed E-state index contributed by atoms with van der Waals surface area (Å²) >= 11 is 1.35. The highest BCUT2D eigenvalue weighted by atomic mass is 32.1. The van der Waals surface area contributed by atoms with Crippen LogP contribution in [0.1, 0.15) is 35.9 Å². The zero-order chi connectivity index (χ0) is 20.9. The number of nitrogens with one attached hydrogen (secondary N) is 2. The summed E-state index contributed by atoms with van der Waals surface area (Å²) in [4.78, 5) is 25.9. The van der Waals surface area contributed by atoms with Gasteiger partial charge in [-0.25, -0.2) is 9.78 Å². The second kappa shape index (κ2) is 9.20. The predicted molar refractivity (Wildman–Crippen MR) is 118 cm³/mol. The fraction of sp³-hybridized carbons (Fsp3) is 0.364. The number of benzene rings is 1. The van der Waals surface area contributed by atoms with E-state index in [1.807, 2.05) is 32.0 Å². The van der Waals surface area contributed by atoms with Crippen molar-refractivity contribution in [3.05, 3.63) is 46.7 Å². The Morgan fingerprint density at radius 1 is 1.27 bits per heavy atom. The molecule has 0 saturated heterocycles. The van der Waals surface area contributed by atoms with Crippen LogP contribution in [0.25, 0.3) is 11.0 Å². The Labute approximate surface area is 179 Å². The molecule has 1 atom stereocenters. The number of fused-ring (bicyclic) bond motifs is 1. The van der Waals surface area contributed by atoms with E-state index in [1.165, 1.54) is 24.2 Å². The molecule has 0 radical (unpaired) electrons. The molecule has 7 nitrogen and oxygen atoms in total. The van der Waals surface area contributed by atoms with E-state index in [-0.39, 0.29) is 12.1 Å². The SMILES string of the molecule is Cc1nc(NC(=O)NC[C@H](C)OCC2CC2)sc1C#Cc1ccc2nccnc2c1. The lowest BCUT2D eigenvalue weighted by atomic mass is 10.2. The van der Waals surface area contributed by atoms with E-state index in [1.54, 1.807) is 12.4 Å². The number of nitrogens with zero attached hydrogens (tertiary/aromatic N) is 3. The van der Waals surface area contributed by atoms with E-state index in [0.29, 0.717) is 17.6 Å². The third-order valence-electron chi connectivity index (χ3n) is 4.67. The maximum Gasteiger partial charge on any atom is 0.321 e. The molecule has 2 N–H and O–H groups in total. The Bertz CT molecular complexity index is 1110. The third-order valence-corrected chi connectivity index (χ3v) is 5.66. The second-order valence-corrected chi connectivity index (χ2v) is 8.36. The number of hydrogen-bond acceptors (Lipinski definition) is 6. The van der Waals surface area contributed by atoms with E-state index < -0.39 is 0 Å². The average Bonchev–Trinajstić information content (AvgIpc) is 3.51. The van der Waals surface area contributed by atoms with Gasteiger partial charge in [0, 0.05) is 31.1 Å². The van der Waals surface area contributed by atoms with Gasteiger partial charge in [-0.1, -0.05) is 17.3 Å². The Morgan fingerprint density at radius 2 is 2.07 bits per heavy atom. The largest absolute Gasteiger partial charge is 0.376 e. The van der Waals surface area contributed by atoms with Gasteiger partial charge in [0.05, 0.1) is 22.8 Å². The van der Waals surface area contributed by atoms with Crippen LogP contribution in [0.4, 0.5) is 9.93 Å². The van der Waals surface area contributed by atoms with Crippen molar-refractivity contribution in [2.24, 2.45) is 5.92 Å². The van der Waals surface area contributed by atoms with E-state index in [0.717, 1.165) is 33.8 Å². The van der Waals surface area contributed by atoms with Gasteiger partial charge >= 0.3 is 6.03 Å². The molecule has 0 aliphatic heterocycles. The Kier molecular flexibility index (Phi) is 6.21. The van der Waals surface area contributed by atoms with Crippen molar-refractivity contribution in [3.8, 4) is 11.8 Å². The van der Waals surface area contributed by atoms with Crippen LogP contribution >= 0.6 is 11.3 Å². The lowest BCUT2D eigenvalue weighted by Gasteiger charge is -2.13. The summed E-state index contributed by atoms with van der Waals surface area (Å²) in [6.45, 7) is 5.08. The first-order chi connectivity index (χ1) is 14.6. The molecular formula is C22H23N5O2S. The van der Waals surface area contributed by atoms with E-state index >= 15 is 0 Å². The lowest BCUT2D eigenvalue weighted by molar-refractivity contribution is 0.0601. The van der Waals surface area contributed by atoms with Gasteiger partial charge in [0.2, 0.25) is 0 Å². The van der Waals surface area contributed by atoms with Crippen LogP contribution in [-0.4, -0.2) is 40.2 Å². The molecule has 1 aliphatic rings. The van der Waals surface area contributed by atoms with Crippen molar-refractivity contribution < 1.29 is 9.53 Å². The molecule has 3 aromatic rings. The van der Waals surface area contributed by atoms with Gasteiger partial charge in [-0.3, -0.25) is 15.3 Å². The zero-order valence-electron chi connectivity index (χ0n) is 16.9. The summed E-state index contributed by atoms with van der Waals surface area (Å²) in [6.07, 6.45) is 5.83. The number of anilines is 1. The molecule has 1 saturated carbocycles. The smallest absolute Gasteiger partial charge is 0.321 e. The van der Waals surface area contributed by atoms with Gasteiger partial charge in [-0.15, -0.1) is 0 Å². The summed E-state index contributed by atoms with van der Waals surface area (Å²) in [5.41, 5.74) is 3.27. The van der Waals surface area contributed by atoms with Crippen molar-refractivity contribution in [1.29, 1.82) is 0 Å². The first-order valence-corrected chi connectivity index (χ1v) is 10.7. The maximum absolute atomic E-state index is 12.1. The normalized spacial score (nSPS) is 14.1. The van der Waals surface area contributed by atoms with Crippen molar-refractivity contribution >= 4 is 33.5 Å². The number of aromatic nitrogens is 3. The minimum Gasteiger partial charge on any atom is -0.376 e. The van der Waals surface area contributed by atoms with E-state index in [4.69, 9.17) is 4.74 Å². The molecule has 8 heteroatoms. The van der Waals surface area contributed by atoms with Crippen molar-refractivity contribution in [2.45, 2.75) is 32.8 Å². The van der Waals surface area contributed by atoms with Gasteiger partial charge in [-0.2, -0.15) is 0 Å². The van der Waals surface area contributed by atoms with Crippen LogP contribution in [0.15, 0.2) is 30.6 Å². The van der Waals surface area contributed by atoms with Crippen LogP contribution in [0.2, 0.25) is 0 Å². The topological polar surface area (TPSA) is 89.0 Å². The number of carbonyl (C=O) groups excluding carboxylic acids is 1. The molecule has 2 aromatic heterocycles. The molecule has 2 amide bonds. The standard InChI is InChI=1S/C22H23N5O2S/c1-14(29-13-17-3-4-17)12-25-21(28)27-22-26-15(2)20(30-22)8-6-16-5-7-18-19(11-16)24-10-9-23-18/h5,7,9-11,14,17H,3-4,12-13H2,1-2H3,(H2,25,26,27,28)/t14-/m0/s1. The number of hydrogen-bond donors (Lipinski definition) is 2. The molecule has 0 bridgehead atoms. The lowest BCUT2D eigenvalue weighted by Crippen LogP contribution is -2.35. The molecular weight excluding hydrogens is 398 g/mol. The van der Waals surface area contributed by atoms with E-state index in [9.17, 15) is 4.79 Å². The number of carbonyl (C=O) groups is 1. The average molecular weight is 422 g/mol. The minimum atomic E-state index is -0.293. The highest BCUT2D eigenvalue weighted by Gasteiger charge is 2.22. The molecule has 30 heavy (non-hydrogen) atoms. The van der Waals surface area contributed by atoms with Gasteiger partial charge < -0.3 is 10.1 Å². The van der Waals surface area contributed by atoms with Gasteiger partial charge in [0.1, 0.15) is 4.88 Å². The highest BCUT2D eigenvalue weighted by Crippen LogP contribution is 2.29. The summed E-state index contributed by atoms with van der Waals surface area (Å²) < 4.78 is 5.71. The molecule has 1 aliphatic carbocycles. The number of ether oxygens (including phenoxy) is 1. The number of aryl methyl sites for hydroxylation is 1. The number of urea groups is 1. The van der Waals surface area contributed by atoms with Crippen LogP contribution in [0.5, 0.6) is 0 Å². The predicted octanol–water partition coefficient (Wildman–Crippen LogP) is 3.73. The first-order valence-electron chi connectivity index (χ1n) is 9.93. The molecule has 0 spiro atoms. The van der Waals surface area contributed by atoms with Crippen LogP contribution in [0, 0.1) is 24.7 Å². The van der Waals surface area contributed by atoms with Crippen LogP contribution in [0.3, 0.4) is 0 Å². The van der Waals surface area contributed by atoms with Gasteiger partial charge in [0.25, 0.3) is 0 Å². The fourth-order valence-corrected chi connectivity index (χ4v) is 3.57. The summed E-state index contributed by atoms with van der Waals surface area (Å²) in [5, 5.41) is 6.11. The van der Waals surface area contributed by atoms with Crippen molar-refractivity contribution in [3.63, 3.8) is 0 Å². The van der Waals surface area contributed by atoms with Crippen molar-refractivity contribution in [2.75, 3.05) is 18.5 Å². The first kappa shape index (κ1) is 20.3. The molecule has 0 unspecified atom stereocenters. The monoisotopic (exact) mass is 421 g/mol. The number of amides is 2. The molecule has 2 heterocycles.